The molecule has 4 aliphatic rings. The molecule has 4 saturated heterocycles. The lowest BCUT2D eigenvalue weighted by Gasteiger charge is -2.47. The minimum absolute atomic E-state index is 0.638. The van der Waals surface area contributed by atoms with E-state index >= 15 is 0 Å². The van der Waals surface area contributed by atoms with Crippen molar-refractivity contribution >= 4 is 5.96 Å². The van der Waals surface area contributed by atoms with Crippen LogP contribution in [-0.4, -0.2) is 85.6 Å². The average Bonchev–Trinajstić information content (AvgIpc) is 2.99. The first-order valence-corrected chi connectivity index (χ1v) is 7.86. The second-order valence-electron chi connectivity index (χ2n) is 5.88. The summed E-state index contributed by atoms with van der Waals surface area (Å²) in [6.07, 6.45) is 2.63. The Balaban J connectivity index is 1.59. The van der Waals surface area contributed by atoms with Crippen molar-refractivity contribution in [3.8, 4) is 0 Å². The number of aliphatic imine (C=N–C) groups is 1. The van der Waals surface area contributed by atoms with E-state index in [1.807, 2.05) is 0 Å². The quantitative estimate of drug-likeness (QED) is 0.577. The van der Waals surface area contributed by atoms with Crippen molar-refractivity contribution < 1.29 is 0 Å². The van der Waals surface area contributed by atoms with E-state index in [2.05, 4.69) is 26.9 Å². The number of hydrogen-bond donors (Lipinski definition) is 1. The summed E-state index contributed by atoms with van der Waals surface area (Å²) in [6, 6.07) is 0.638. The van der Waals surface area contributed by atoms with Gasteiger partial charge in [-0.3, -0.25) is 14.8 Å². The maximum atomic E-state index is 4.90. The fourth-order valence-electron chi connectivity index (χ4n) is 3.44. The lowest BCUT2D eigenvalue weighted by Crippen LogP contribution is -2.62. The second-order valence-corrected chi connectivity index (χ2v) is 5.88. The summed E-state index contributed by atoms with van der Waals surface area (Å²) in [5.74, 6) is 1.14. The van der Waals surface area contributed by atoms with E-state index in [9.17, 15) is 0 Å². The average molecular weight is 265 g/mol. The third-order valence-corrected chi connectivity index (χ3v) is 4.58. The third kappa shape index (κ3) is 3.03. The first-order chi connectivity index (χ1) is 9.36. The molecule has 4 rings (SSSR count). The van der Waals surface area contributed by atoms with Gasteiger partial charge in [-0.1, -0.05) is 0 Å². The fraction of sp³-hybridized carbons (Fsp3) is 0.929. The van der Waals surface area contributed by atoms with Gasteiger partial charge in [0.15, 0.2) is 5.96 Å². The second kappa shape index (κ2) is 6.09. The standard InChI is InChI=1S/C14H27N5/c1-2-15-14(19-5-3-4-6-19)16-11-13-12-17-7-9-18(13)10-8-17/h13H,2-12H2,1H3,(H,15,16). The Morgan fingerprint density at radius 1 is 1.11 bits per heavy atom. The SMILES string of the molecule is CCNC(=NCC1CN2CCN1CC2)N1CCCC1. The van der Waals surface area contributed by atoms with Gasteiger partial charge in [-0.05, 0) is 19.8 Å². The molecule has 0 aliphatic carbocycles. The van der Waals surface area contributed by atoms with Crippen LogP contribution >= 0.6 is 0 Å². The Hall–Kier alpha value is -0.810. The molecule has 1 atom stereocenters. The molecule has 19 heavy (non-hydrogen) atoms. The van der Waals surface area contributed by atoms with Crippen LogP contribution in [0, 0.1) is 0 Å². The molecule has 0 aromatic rings. The maximum absolute atomic E-state index is 4.90. The van der Waals surface area contributed by atoms with E-state index in [-0.39, 0.29) is 0 Å². The molecule has 2 bridgehead atoms. The van der Waals surface area contributed by atoms with E-state index < -0.39 is 0 Å². The number of guanidine groups is 1. The van der Waals surface area contributed by atoms with Gasteiger partial charge in [-0.15, -0.1) is 0 Å². The Bertz CT molecular complexity index is 316. The summed E-state index contributed by atoms with van der Waals surface area (Å²) in [4.78, 5) is 12.5. The van der Waals surface area contributed by atoms with Gasteiger partial charge in [0.05, 0.1) is 6.54 Å². The molecule has 5 nitrogen and oxygen atoms in total. The van der Waals surface area contributed by atoms with Crippen LogP contribution in [0.1, 0.15) is 19.8 Å². The zero-order valence-corrected chi connectivity index (χ0v) is 12.1. The highest BCUT2D eigenvalue weighted by atomic mass is 15.4. The zero-order valence-electron chi connectivity index (χ0n) is 12.1. The minimum atomic E-state index is 0.638. The molecule has 4 aliphatic heterocycles. The Labute approximate surface area is 116 Å². The number of likely N-dealkylation sites (tertiary alicyclic amines) is 1. The van der Waals surface area contributed by atoms with E-state index in [0.29, 0.717) is 6.04 Å². The molecule has 108 valence electrons. The predicted octanol–water partition coefficient (Wildman–Crippen LogP) is 0.0475. The van der Waals surface area contributed by atoms with Gasteiger partial charge in [0, 0.05) is 58.4 Å². The van der Waals surface area contributed by atoms with E-state index in [1.54, 1.807) is 0 Å². The number of rotatable bonds is 3. The molecule has 1 unspecified atom stereocenters. The van der Waals surface area contributed by atoms with Crippen molar-refractivity contribution in [1.82, 2.24) is 20.0 Å². The highest BCUT2D eigenvalue weighted by Gasteiger charge is 2.31. The normalized spacial score (nSPS) is 34.9. The lowest BCUT2D eigenvalue weighted by molar-refractivity contribution is 0.0173. The highest BCUT2D eigenvalue weighted by molar-refractivity contribution is 5.80. The van der Waals surface area contributed by atoms with Gasteiger partial charge >= 0.3 is 0 Å². The molecule has 0 spiro atoms. The summed E-state index contributed by atoms with van der Waals surface area (Å²) in [7, 11) is 0. The van der Waals surface area contributed by atoms with Crippen LogP contribution in [0.4, 0.5) is 0 Å². The van der Waals surface area contributed by atoms with Crippen LogP contribution in [0.15, 0.2) is 4.99 Å². The van der Waals surface area contributed by atoms with Crippen LogP contribution in [0.2, 0.25) is 0 Å². The predicted molar refractivity (Wildman–Crippen MR) is 78.6 cm³/mol. The number of nitrogens with one attached hydrogen (secondary N) is 1. The van der Waals surface area contributed by atoms with Crippen LogP contribution < -0.4 is 5.32 Å². The lowest BCUT2D eigenvalue weighted by atomic mass is 10.1. The van der Waals surface area contributed by atoms with Gasteiger partial charge in [-0.25, -0.2) is 0 Å². The maximum Gasteiger partial charge on any atom is 0.193 e. The molecule has 0 amide bonds. The van der Waals surface area contributed by atoms with Gasteiger partial charge < -0.3 is 10.2 Å². The molecule has 0 aromatic carbocycles. The monoisotopic (exact) mass is 265 g/mol. The van der Waals surface area contributed by atoms with Crippen LogP contribution in [0.25, 0.3) is 0 Å². The van der Waals surface area contributed by atoms with Gasteiger partial charge in [0.2, 0.25) is 0 Å². The Kier molecular flexibility index (Phi) is 4.23. The van der Waals surface area contributed by atoms with E-state index in [0.717, 1.165) is 19.0 Å². The Morgan fingerprint density at radius 3 is 2.42 bits per heavy atom. The molecule has 1 N–H and O–H groups in total. The van der Waals surface area contributed by atoms with Gasteiger partial charge in [-0.2, -0.15) is 0 Å². The fourth-order valence-corrected chi connectivity index (χ4v) is 3.44. The third-order valence-electron chi connectivity index (χ3n) is 4.58. The number of fused-ring (bicyclic) bond motifs is 3. The van der Waals surface area contributed by atoms with Crippen molar-refractivity contribution in [3.63, 3.8) is 0 Å². The van der Waals surface area contributed by atoms with Crippen molar-refractivity contribution in [3.05, 3.63) is 0 Å². The summed E-state index contributed by atoms with van der Waals surface area (Å²) < 4.78 is 0. The van der Waals surface area contributed by atoms with Crippen LogP contribution in [0.3, 0.4) is 0 Å². The molecule has 0 aromatic heterocycles. The van der Waals surface area contributed by atoms with Gasteiger partial charge in [0.25, 0.3) is 0 Å². The van der Waals surface area contributed by atoms with Crippen LogP contribution in [-0.2, 0) is 0 Å². The van der Waals surface area contributed by atoms with Crippen LogP contribution in [0.5, 0.6) is 0 Å². The van der Waals surface area contributed by atoms with Crippen molar-refractivity contribution in [1.29, 1.82) is 0 Å². The first-order valence-electron chi connectivity index (χ1n) is 7.86. The van der Waals surface area contributed by atoms with Crippen molar-refractivity contribution in [2.24, 2.45) is 4.99 Å². The highest BCUT2D eigenvalue weighted by Crippen LogP contribution is 2.16. The van der Waals surface area contributed by atoms with Crippen molar-refractivity contribution in [2.75, 3.05) is 58.9 Å². The molecular weight excluding hydrogens is 238 g/mol. The van der Waals surface area contributed by atoms with E-state index in [1.165, 1.54) is 58.7 Å². The molecule has 0 radical (unpaired) electrons. The summed E-state index contributed by atoms with van der Waals surface area (Å²) >= 11 is 0. The topological polar surface area (TPSA) is 34.1 Å². The summed E-state index contributed by atoms with van der Waals surface area (Å²) in [5, 5.41) is 3.45. The first kappa shape index (κ1) is 13.2. The minimum Gasteiger partial charge on any atom is -0.357 e. The molecule has 0 saturated carbocycles. The smallest absolute Gasteiger partial charge is 0.193 e. The number of piperazine rings is 3. The largest absolute Gasteiger partial charge is 0.357 e. The summed E-state index contributed by atoms with van der Waals surface area (Å²) in [5.41, 5.74) is 0. The molecule has 4 heterocycles. The molecule has 5 heteroatoms. The number of nitrogens with zero attached hydrogens (tertiary/aromatic N) is 4. The summed E-state index contributed by atoms with van der Waals surface area (Å²) in [6.45, 7) is 12.6. The Morgan fingerprint density at radius 2 is 1.84 bits per heavy atom. The van der Waals surface area contributed by atoms with Crippen molar-refractivity contribution in [2.45, 2.75) is 25.8 Å². The molecule has 4 fully saturated rings. The zero-order chi connectivity index (χ0) is 13.1. The van der Waals surface area contributed by atoms with E-state index in [4.69, 9.17) is 4.99 Å². The number of hydrogen-bond acceptors (Lipinski definition) is 3. The molecular formula is C14H27N5. The van der Waals surface area contributed by atoms with Gasteiger partial charge in [0.1, 0.15) is 0 Å².